The monoisotopic (exact) mass is 257 g/mol. The summed E-state index contributed by atoms with van der Waals surface area (Å²) in [6.45, 7) is 3.28. The van der Waals surface area contributed by atoms with Gasteiger partial charge in [0.05, 0.1) is 0 Å². The van der Waals surface area contributed by atoms with Crippen LogP contribution >= 0.6 is 0 Å². The molecule has 0 radical (unpaired) electrons. The fourth-order valence-electron chi connectivity index (χ4n) is 2.77. The highest BCUT2D eigenvalue weighted by Crippen LogP contribution is 2.26. The van der Waals surface area contributed by atoms with E-state index in [4.69, 9.17) is 0 Å². The summed E-state index contributed by atoms with van der Waals surface area (Å²) in [6.07, 6.45) is 2.28. The Balaban J connectivity index is 1.57. The van der Waals surface area contributed by atoms with Gasteiger partial charge in [0.2, 0.25) is 0 Å². The molecular formula is C14H19N5. The molecule has 0 bridgehead atoms. The van der Waals surface area contributed by atoms with Crippen molar-refractivity contribution in [2.75, 3.05) is 13.1 Å². The van der Waals surface area contributed by atoms with Crippen molar-refractivity contribution in [1.82, 2.24) is 25.1 Å². The highest BCUT2D eigenvalue weighted by Gasteiger charge is 2.24. The van der Waals surface area contributed by atoms with E-state index in [1.54, 1.807) is 4.68 Å². The second-order valence-electron chi connectivity index (χ2n) is 5.20. The number of aromatic nitrogens is 4. The Kier molecular flexibility index (Phi) is 3.55. The predicted molar refractivity (Wildman–Crippen MR) is 72.5 cm³/mol. The van der Waals surface area contributed by atoms with Gasteiger partial charge in [-0.3, -0.25) is 4.90 Å². The fourth-order valence-corrected chi connectivity index (χ4v) is 2.77. The van der Waals surface area contributed by atoms with Crippen LogP contribution in [0.25, 0.3) is 0 Å². The summed E-state index contributed by atoms with van der Waals surface area (Å²) >= 11 is 0. The van der Waals surface area contributed by atoms with E-state index in [0.717, 1.165) is 38.3 Å². The quantitative estimate of drug-likeness (QED) is 0.837. The lowest BCUT2D eigenvalue weighted by Crippen LogP contribution is -2.33. The minimum absolute atomic E-state index is 0.507. The van der Waals surface area contributed by atoms with E-state index in [0.29, 0.717) is 5.92 Å². The Hall–Kier alpha value is -1.75. The first kappa shape index (κ1) is 12.3. The Labute approximate surface area is 113 Å². The first-order chi connectivity index (χ1) is 9.33. The first-order valence-corrected chi connectivity index (χ1v) is 6.81. The summed E-state index contributed by atoms with van der Waals surface area (Å²) in [5.74, 6) is 1.53. The molecule has 0 atom stereocenters. The van der Waals surface area contributed by atoms with E-state index in [1.165, 1.54) is 5.56 Å². The summed E-state index contributed by atoms with van der Waals surface area (Å²) in [6, 6.07) is 10.7. The van der Waals surface area contributed by atoms with Crippen molar-refractivity contribution in [3.8, 4) is 0 Å². The van der Waals surface area contributed by atoms with Gasteiger partial charge in [-0.1, -0.05) is 30.3 Å². The average Bonchev–Trinajstić information content (AvgIpc) is 2.87. The molecule has 0 N–H and O–H groups in total. The maximum Gasteiger partial charge on any atom is 0.154 e. The van der Waals surface area contributed by atoms with Gasteiger partial charge < -0.3 is 0 Å². The van der Waals surface area contributed by atoms with Gasteiger partial charge in [0.25, 0.3) is 0 Å². The second kappa shape index (κ2) is 5.48. The molecule has 1 aliphatic rings. The van der Waals surface area contributed by atoms with E-state index in [2.05, 4.69) is 50.8 Å². The summed E-state index contributed by atoms with van der Waals surface area (Å²) in [7, 11) is 1.92. The number of likely N-dealkylation sites (tertiary alicyclic amines) is 1. The van der Waals surface area contributed by atoms with Crippen LogP contribution in [0.5, 0.6) is 0 Å². The lowest BCUT2D eigenvalue weighted by atomic mass is 9.95. The van der Waals surface area contributed by atoms with E-state index in [-0.39, 0.29) is 0 Å². The van der Waals surface area contributed by atoms with Gasteiger partial charge in [-0.2, -0.15) is 0 Å². The van der Waals surface area contributed by atoms with Crippen LogP contribution in [0.4, 0.5) is 0 Å². The topological polar surface area (TPSA) is 46.8 Å². The lowest BCUT2D eigenvalue weighted by molar-refractivity contribution is 0.200. The molecule has 3 rings (SSSR count). The van der Waals surface area contributed by atoms with Crippen LogP contribution in [-0.4, -0.2) is 38.2 Å². The van der Waals surface area contributed by atoms with Crippen LogP contribution in [0, 0.1) is 0 Å². The molecule has 0 amide bonds. The number of rotatable bonds is 3. The first-order valence-electron chi connectivity index (χ1n) is 6.81. The zero-order valence-electron chi connectivity index (χ0n) is 11.2. The highest BCUT2D eigenvalue weighted by atomic mass is 15.5. The zero-order valence-corrected chi connectivity index (χ0v) is 11.2. The molecule has 1 fully saturated rings. The molecule has 1 aliphatic heterocycles. The average molecular weight is 257 g/mol. The van der Waals surface area contributed by atoms with Gasteiger partial charge in [0.15, 0.2) is 5.82 Å². The SMILES string of the molecule is Cn1nnnc1C1CCN(Cc2ccccc2)CC1. The van der Waals surface area contributed by atoms with Crippen molar-refractivity contribution < 1.29 is 0 Å². The maximum absolute atomic E-state index is 4.13. The van der Waals surface area contributed by atoms with Crippen LogP contribution in [0.1, 0.15) is 30.1 Å². The van der Waals surface area contributed by atoms with Crippen LogP contribution in [0.3, 0.4) is 0 Å². The Bertz CT molecular complexity index is 514. The van der Waals surface area contributed by atoms with Crippen molar-refractivity contribution in [3.63, 3.8) is 0 Å². The summed E-state index contributed by atoms with van der Waals surface area (Å²) in [4.78, 5) is 2.51. The molecule has 100 valence electrons. The molecule has 5 heteroatoms. The number of tetrazole rings is 1. The maximum atomic E-state index is 4.13. The number of hydrogen-bond acceptors (Lipinski definition) is 4. The van der Waals surface area contributed by atoms with E-state index < -0.39 is 0 Å². The molecule has 0 saturated carbocycles. The minimum Gasteiger partial charge on any atom is -0.299 e. The van der Waals surface area contributed by atoms with Crippen LogP contribution in [0.2, 0.25) is 0 Å². The van der Waals surface area contributed by atoms with Gasteiger partial charge in [-0.15, -0.1) is 5.10 Å². The zero-order chi connectivity index (χ0) is 13.1. The largest absolute Gasteiger partial charge is 0.299 e. The normalized spacial score (nSPS) is 17.7. The Morgan fingerprint density at radius 3 is 2.53 bits per heavy atom. The Morgan fingerprint density at radius 2 is 1.89 bits per heavy atom. The van der Waals surface area contributed by atoms with E-state index in [9.17, 15) is 0 Å². The van der Waals surface area contributed by atoms with Gasteiger partial charge in [0, 0.05) is 19.5 Å². The molecule has 1 aromatic carbocycles. The smallest absolute Gasteiger partial charge is 0.154 e. The Morgan fingerprint density at radius 1 is 1.16 bits per heavy atom. The molecule has 19 heavy (non-hydrogen) atoms. The molecule has 1 saturated heterocycles. The van der Waals surface area contributed by atoms with Crippen molar-refractivity contribution >= 4 is 0 Å². The molecule has 5 nitrogen and oxygen atoms in total. The number of aryl methyl sites for hydroxylation is 1. The van der Waals surface area contributed by atoms with Crippen LogP contribution in [-0.2, 0) is 13.6 Å². The fraction of sp³-hybridized carbons (Fsp3) is 0.500. The number of hydrogen-bond donors (Lipinski definition) is 0. The van der Waals surface area contributed by atoms with Gasteiger partial charge in [0.1, 0.15) is 0 Å². The third-order valence-electron chi connectivity index (χ3n) is 3.85. The summed E-state index contributed by atoms with van der Waals surface area (Å²) < 4.78 is 1.80. The van der Waals surface area contributed by atoms with Crippen LogP contribution < -0.4 is 0 Å². The minimum atomic E-state index is 0.507. The lowest BCUT2D eigenvalue weighted by Gasteiger charge is -2.31. The van der Waals surface area contributed by atoms with Crippen molar-refractivity contribution in [2.24, 2.45) is 7.05 Å². The molecule has 1 aromatic heterocycles. The molecule has 0 spiro atoms. The number of benzene rings is 1. The van der Waals surface area contributed by atoms with E-state index in [1.807, 2.05) is 7.05 Å². The van der Waals surface area contributed by atoms with Crippen LogP contribution in [0.15, 0.2) is 30.3 Å². The molecule has 0 aliphatic carbocycles. The third-order valence-corrected chi connectivity index (χ3v) is 3.85. The molecule has 2 aromatic rings. The van der Waals surface area contributed by atoms with Crippen molar-refractivity contribution in [1.29, 1.82) is 0 Å². The van der Waals surface area contributed by atoms with Gasteiger partial charge in [-0.25, -0.2) is 4.68 Å². The summed E-state index contributed by atoms with van der Waals surface area (Å²) in [5, 5.41) is 11.8. The van der Waals surface area contributed by atoms with E-state index >= 15 is 0 Å². The van der Waals surface area contributed by atoms with Gasteiger partial charge in [-0.05, 0) is 41.9 Å². The molecule has 2 heterocycles. The standard InChI is InChI=1S/C14H19N5/c1-18-14(15-16-17-18)13-7-9-19(10-8-13)11-12-5-3-2-4-6-12/h2-6,13H,7-11H2,1H3. The van der Waals surface area contributed by atoms with Crippen molar-refractivity contribution in [3.05, 3.63) is 41.7 Å². The third kappa shape index (κ3) is 2.81. The van der Waals surface area contributed by atoms with Gasteiger partial charge >= 0.3 is 0 Å². The number of nitrogens with zero attached hydrogens (tertiary/aromatic N) is 5. The molecular weight excluding hydrogens is 238 g/mol. The van der Waals surface area contributed by atoms with Crippen molar-refractivity contribution in [2.45, 2.75) is 25.3 Å². The highest BCUT2D eigenvalue weighted by molar-refractivity contribution is 5.14. The summed E-state index contributed by atoms with van der Waals surface area (Å²) in [5.41, 5.74) is 1.39. The molecule has 0 unspecified atom stereocenters. The second-order valence-corrected chi connectivity index (χ2v) is 5.20. The predicted octanol–water partition coefficient (Wildman–Crippen LogP) is 1.59. The number of piperidine rings is 1.